The molecule has 8 nitrogen and oxygen atoms in total. The summed E-state index contributed by atoms with van der Waals surface area (Å²) in [6.45, 7) is 5.17. The fourth-order valence-corrected chi connectivity index (χ4v) is 6.07. The number of fused-ring (bicyclic) bond motifs is 1. The van der Waals surface area contributed by atoms with E-state index in [9.17, 15) is 18.0 Å². The van der Waals surface area contributed by atoms with Crippen molar-refractivity contribution in [2.24, 2.45) is 0 Å². The minimum absolute atomic E-state index is 0.0980. The average molecular weight is 537 g/mol. The lowest BCUT2D eigenvalue weighted by Gasteiger charge is -2.32. The van der Waals surface area contributed by atoms with Gasteiger partial charge < -0.3 is 14.4 Å². The molecule has 9 heteroatoms. The number of hydrogen-bond donors (Lipinski definition) is 0. The van der Waals surface area contributed by atoms with Gasteiger partial charge in [-0.1, -0.05) is 47.9 Å². The van der Waals surface area contributed by atoms with E-state index in [1.165, 1.54) is 14.2 Å². The van der Waals surface area contributed by atoms with E-state index in [-0.39, 0.29) is 29.9 Å². The molecule has 1 atom stereocenters. The van der Waals surface area contributed by atoms with Crippen LogP contribution in [-0.2, 0) is 29.1 Å². The van der Waals surface area contributed by atoms with Gasteiger partial charge in [-0.05, 0) is 44.5 Å². The Bertz CT molecular complexity index is 1490. The van der Waals surface area contributed by atoms with Gasteiger partial charge in [0.05, 0.1) is 37.8 Å². The van der Waals surface area contributed by atoms with Crippen LogP contribution in [0.5, 0.6) is 0 Å². The highest BCUT2D eigenvalue weighted by Gasteiger charge is 2.31. The van der Waals surface area contributed by atoms with Crippen LogP contribution < -0.4 is 9.21 Å². The molecule has 0 aliphatic carbocycles. The predicted octanol–water partition coefficient (Wildman–Crippen LogP) is 4.22. The molecule has 200 valence electrons. The SMILES string of the molecule is C#CCN(c1ccc(N(CC(=O)OC)S(=O)(=O)c2ccc(C)cc2C)c2ccccc12)[C@@H](C)CC(=O)OC. The highest BCUT2D eigenvalue weighted by molar-refractivity contribution is 7.93. The van der Waals surface area contributed by atoms with E-state index >= 15 is 0 Å². The summed E-state index contributed by atoms with van der Waals surface area (Å²) < 4.78 is 38.7. The smallest absolute Gasteiger partial charge is 0.326 e. The first-order valence-electron chi connectivity index (χ1n) is 12.0. The largest absolute Gasteiger partial charge is 0.469 e. The van der Waals surface area contributed by atoms with Crippen molar-refractivity contribution < 1.29 is 27.5 Å². The number of aryl methyl sites for hydroxylation is 2. The first-order valence-corrected chi connectivity index (χ1v) is 13.4. The number of anilines is 2. The van der Waals surface area contributed by atoms with Gasteiger partial charge in [-0.25, -0.2) is 8.42 Å². The number of benzene rings is 3. The predicted molar refractivity (Wildman–Crippen MR) is 149 cm³/mol. The van der Waals surface area contributed by atoms with Crippen molar-refractivity contribution in [3.8, 4) is 12.3 Å². The number of methoxy groups -OCH3 is 2. The molecule has 0 saturated carbocycles. The lowest BCUT2D eigenvalue weighted by atomic mass is 10.0. The van der Waals surface area contributed by atoms with Crippen LogP contribution in [0.4, 0.5) is 11.4 Å². The second-order valence-electron chi connectivity index (χ2n) is 8.97. The number of sulfonamides is 1. The highest BCUT2D eigenvalue weighted by atomic mass is 32.2. The molecule has 0 aliphatic heterocycles. The van der Waals surface area contributed by atoms with E-state index in [1.54, 1.807) is 49.4 Å². The molecule has 0 heterocycles. The third-order valence-corrected chi connectivity index (χ3v) is 8.26. The van der Waals surface area contributed by atoms with E-state index in [0.29, 0.717) is 22.0 Å². The normalized spacial score (nSPS) is 11.9. The molecule has 0 fully saturated rings. The van der Waals surface area contributed by atoms with Gasteiger partial charge >= 0.3 is 11.9 Å². The molecular formula is C29H32N2O6S. The molecule has 0 unspecified atom stereocenters. The Hall–Kier alpha value is -4.03. The van der Waals surface area contributed by atoms with Gasteiger partial charge in [0.1, 0.15) is 6.54 Å². The van der Waals surface area contributed by atoms with Crippen molar-refractivity contribution in [2.75, 3.05) is 36.5 Å². The zero-order chi connectivity index (χ0) is 28.0. The molecule has 3 aromatic rings. The first-order chi connectivity index (χ1) is 18.0. The maximum absolute atomic E-state index is 14.0. The Labute approximate surface area is 224 Å². The number of ether oxygens (including phenoxy) is 2. The standard InChI is InChI=1S/C29H32N2O6S/c1-7-16-30(22(4)18-28(32)36-5)25-13-14-26(24-11-9-8-10-23(24)25)31(19-29(33)37-6)38(34,35)27-15-12-20(2)17-21(27)3/h1,8-15,17,22H,16,18-19H2,2-6H3/t22-/m0/s1. The van der Waals surface area contributed by atoms with Crippen molar-refractivity contribution in [3.05, 3.63) is 65.7 Å². The van der Waals surface area contributed by atoms with Gasteiger partial charge in [0.2, 0.25) is 0 Å². The van der Waals surface area contributed by atoms with Gasteiger partial charge in [-0.15, -0.1) is 6.42 Å². The molecule has 38 heavy (non-hydrogen) atoms. The highest BCUT2D eigenvalue weighted by Crippen LogP contribution is 2.38. The third kappa shape index (κ3) is 5.92. The lowest BCUT2D eigenvalue weighted by Crippen LogP contribution is -2.37. The number of rotatable bonds is 10. The quantitative estimate of drug-likeness (QED) is 0.283. The summed E-state index contributed by atoms with van der Waals surface area (Å²) in [7, 11) is -1.61. The van der Waals surface area contributed by atoms with Crippen molar-refractivity contribution >= 4 is 44.1 Å². The van der Waals surface area contributed by atoms with E-state index in [2.05, 4.69) is 5.92 Å². The van der Waals surface area contributed by atoms with Crippen LogP contribution in [0.1, 0.15) is 24.5 Å². The summed E-state index contributed by atoms with van der Waals surface area (Å²) in [5, 5.41) is 1.30. The van der Waals surface area contributed by atoms with Crippen LogP contribution in [0.3, 0.4) is 0 Å². The number of nitrogens with zero attached hydrogens (tertiary/aromatic N) is 2. The number of esters is 2. The second-order valence-corrected chi connectivity index (χ2v) is 10.8. The van der Waals surface area contributed by atoms with Crippen molar-refractivity contribution in [1.82, 2.24) is 0 Å². The molecule has 3 aromatic carbocycles. The van der Waals surface area contributed by atoms with E-state index in [0.717, 1.165) is 15.6 Å². The molecule has 0 amide bonds. The maximum Gasteiger partial charge on any atom is 0.326 e. The van der Waals surface area contributed by atoms with Gasteiger partial charge in [0.15, 0.2) is 0 Å². The van der Waals surface area contributed by atoms with E-state index < -0.39 is 22.5 Å². The third-order valence-electron chi connectivity index (χ3n) is 6.34. The number of hydrogen-bond acceptors (Lipinski definition) is 7. The zero-order valence-corrected chi connectivity index (χ0v) is 23.0. The molecule has 0 spiro atoms. The van der Waals surface area contributed by atoms with Crippen LogP contribution >= 0.6 is 0 Å². The molecule has 0 N–H and O–H groups in total. The van der Waals surface area contributed by atoms with Crippen molar-refractivity contribution in [2.45, 2.75) is 38.1 Å². The lowest BCUT2D eigenvalue weighted by molar-refractivity contribution is -0.141. The summed E-state index contributed by atoms with van der Waals surface area (Å²) in [4.78, 5) is 26.4. The molecule has 0 saturated heterocycles. The number of carbonyl (C=O) groups is 2. The Kier molecular flexibility index (Phi) is 9.02. The van der Waals surface area contributed by atoms with Gasteiger partial charge in [-0.3, -0.25) is 13.9 Å². The topological polar surface area (TPSA) is 93.2 Å². The average Bonchev–Trinajstić information content (AvgIpc) is 2.89. The van der Waals surface area contributed by atoms with Gasteiger partial charge in [-0.2, -0.15) is 0 Å². The van der Waals surface area contributed by atoms with E-state index in [1.807, 2.05) is 30.9 Å². The number of terminal acetylenes is 1. The summed E-state index contributed by atoms with van der Waals surface area (Å²) in [6, 6.07) is 15.4. The summed E-state index contributed by atoms with van der Waals surface area (Å²) in [5.41, 5.74) is 2.53. The van der Waals surface area contributed by atoms with E-state index in [4.69, 9.17) is 15.9 Å². The minimum atomic E-state index is -4.15. The van der Waals surface area contributed by atoms with Gasteiger partial charge in [0, 0.05) is 22.5 Å². The second kappa shape index (κ2) is 12.0. The molecule has 3 rings (SSSR count). The Morgan fingerprint density at radius 2 is 1.55 bits per heavy atom. The monoisotopic (exact) mass is 536 g/mol. The molecule has 0 radical (unpaired) electrons. The van der Waals surface area contributed by atoms with Crippen LogP contribution in [0.25, 0.3) is 10.8 Å². The Morgan fingerprint density at radius 3 is 2.13 bits per heavy atom. The number of carbonyl (C=O) groups excluding carboxylic acids is 2. The van der Waals surface area contributed by atoms with Crippen LogP contribution in [0.2, 0.25) is 0 Å². The molecular weight excluding hydrogens is 504 g/mol. The molecule has 0 aromatic heterocycles. The van der Waals surface area contributed by atoms with Gasteiger partial charge in [0.25, 0.3) is 10.0 Å². The Morgan fingerprint density at radius 1 is 0.947 bits per heavy atom. The van der Waals surface area contributed by atoms with Crippen molar-refractivity contribution in [3.63, 3.8) is 0 Å². The summed E-state index contributed by atoms with van der Waals surface area (Å²) in [5.74, 6) is 1.56. The van der Waals surface area contributed by atoms with Crippen LogP contribution in [0, 0.1) is 26.2 Å². The summed E-state index contributed by atoms with van der Waals surface area (Å²) in [6.07, 6.45) is 5.77. The van der Waals surface area contributed by atoms with Crippen molar-refractivity contribution in [1.29, 1.82) is 0 Å². The minimum Gasteiger partial charge on any atom is -0.469 e. The fraction of sp³-hybridized carbons (Fsp3) is 0.310. The summed E-state index contributed by atoms with van der Waals surface area (Å²) >= 11 is 0. The van der Waals surface area contributed by atoms with Crippen LogP contribution in [0.15, 0.2) is 59.5 Å². The first kappa shape index (κ1) is 28.5. The maximum atomic E-state index is 14.0. The molecule has 0 aliphatic rings. The van der Waals surface area contributed by atoms with Crippen LogP contribution in [-0.4, -0.2) is 53.7 Å². The Balaban J connectivity index is 2.24. The zero-order valence-electron chi connectivity index (χ0n) is 22.2. The molecule has 0 bridgehead atoms. The fourth-order valence-electron chi connectivity index (χ4n) is 4.44.